The Labute approximate surface area is 109 Å². The second kappa shape index (κ2) is 6.09. The summed E-state index contributed by atoms with van der Waals surface area (Å²) in [5.74, 6) is -1.69. The molecule has 0 heterocycles. The van der Waals surface area contributed by atoms with Crippen molar-refractivity contribution in [2.75, 3.05) is 0 Å². The highest BCUT2D eigenvalue weighted by atomic mass is 35.5. The Hall–Kier alpha value is -1.23. The Bertz CT molecular complexity index is 452. The molecule has 18 heavy (non-hydrogen) atoms. The Morgan fingerprint density at radius 3 is 2.50 bits per heavy atom. The number of hydrogen-bond acceptors (Lipinski definition) is 2. The Kier molecular flexibility index (Phi) is 5.02. The fourth-order valence-corrected chi connectivity index (χ4v) is 2.34. The standard InChI is InChI=1S/C12H14ClF2NO2/c1-7(2)3-9(13)4-8-5-10(14)6-11(15)12(8)16(17)18/h5-7,9H,3-4H2,1-2H3. The van der Waals surface area contributed by atoms with Crippen molar-refractivity contribution in [3.05, 3.63) is 39.4 Å². The third-order valence-corrected chi connectivity index (χ3v) is 2.79. The van der Waals surface area contributed by atoms with Crippen molar-refractivity contribution < 1.29 is 13.7 Å². The van der Waals surface area contributed by atoms with Gasteiger partial charge in [0.1, 0.15) is 5.82 Å². The summed E-state index contributed by atoms with van der Waals surface area (Å²) >= 11 is 6.02. The highest BCUT2D eigenvalue weighted by molar-refractivity contribution is 6.20. The van der Waals surface area contributed by atoms with Crippen molar-refractivity contribution in [3.8, 4) is 0 Å². The topological polar surface area (TPSA) is 43.1 Å². The number of nitro groups is 1. The lowest BCUT2D eigenvalue weighted by molar-refractivity contribution is -0.388. The van der Waals surface area contributed by atoms with Crippen LogP contribution in [0.1, 0.15) is 25.8 Å². The monoisotopic (exact) mass is 277 g/mol. The molecule has 6 heteroatoms. The molecule has 1 atom stereocenters. The third kappa shape index (κ3) is 3.91. The van der Waals surface area contributed by atoms with Gasteiger partial charge in [-0.25, -0.2) is 4.39 Å². The molecule has 0 spiro atoms. The van der Waals surface area contributed by atoms with E-state index in [0.717, 1.165) is 6.07 Å². The van der Waals surface area contributed by atoms with Crippen LogP contribution in [-0.4, -0.2) is 10.3 Å². The van der Waals surface area contributed by atoms with Gasteiger partial charge in [0, 0.05) is 17.0 Å². The SMILES string of the molecule is CC(C)CC(Cl)Cc1cc(F)cc(F)c1[N+](=O)[O-]. The highest BCUT2D eigenvalue weighted by Gasteiger charge is 2.23. The number of rotatable bonds is 5. The number of hydrogen-bond donors (Lipinski definition) is 0. The molecule has 0 amide bonds. The maximum atomic E-state index is 13.3. The molecule has 0 saturated carbocycles. The first-order valence-corrected chi connectivity index (χ1v) is 6.01. The van der Waals surface area contributed by atoms with Crippen molar-refractivity contribution in [3.63, 3.8) is 0 Å². The van der Waals surface area contributed by atoms with E-state index in [2.05, 4.69) is 0 Å². The zero-order valence-corrected chi connectivity index (χ0v) is 10.9. The summed E-state index contributed by atoms with van der Waals surface area (Å²) in [6.07, 6.45) is 0.696. The smallest absolute Gasteiger partial charge is 0.258 e. The molecule has 0 radical (unpaired) electrons. The molecule has 3 nitrogen and oxygen atoms in total. The molecule has 0 N–H and O–H groups in total. The van der Waals surface area contributed by atoms with E-state index < -0.39 is 22.2 Å². The fourth-order valence-electron chi connectivity index (χ4n) is 1.81. The highest BCUT2D eigenvalue weighted by Crippen LogP contribution is 2.27. The lowest BCUT2D eigenvalue weighted by Crippen LogP contribution is -2.10. The minimum Gasteiger partial charge on any atom is -0.258 e. The fraction of sp³-hybridized carbons (Fsp3) is 0.500. The molecule has 100 valence electrons. The van der Waals surface area contributed by atoms with Crippen molar-refractivity contribution in [1.82, 2.24) is 0 Å². The molecular formula is C12H14ClF2NO2. The van der Waals surface area contributed by atoms with Gasteiger partial charge in [0.25, 0.3) is 0 Å². The van der Waals surface area contributed by atoms with E-state index in [1.165, 1.54) is 0 Å². The van der Waals surface area contributed by atoms with Gasteiger partial charge < -0.3 is 0 Å². The van der Waals surface area contributed by atoms with E-state index in [1.807, 2.05) is 13.8 Å². The molecule has 1 unspecified atom stereocenters. The maximum absolute atomic E-state index is 13.3. The summed E-state index contributed by atoms with van der Waals surface area (Å²) in [6, 6.07) is 1.48. The van der Waals surface area contributed by atoms with Gasteiger partial charge in [-0.2, -0.15) is 4.39 Å². The second-order valence-electron chi connectivity index (χ2n) is 4.58. The van der Waals surface area contributed by atoms with Gasteiger partial charge in [0.2, 0.25) is 5.82 Å². The van der Waals surface area contributed by atoms with Gasteiger partial charge in [-0.15, -0.1) is 11.6 Å². The van der Waals surface area contributed by atoms with Crippen LogP contribution in [0.25, 0.3) is 0 Å². The number of alkyl halides is 1. The zero-order chi connectivity index (χ0) is 13.9. The normalized spacial score (nSPS) is 12.8. The van der Waals surface area contributed by atoms with Crippen LogP contribution in [0.15, 0.2) is 12.1 Å². The molecule has 0 aromatic heterocycles. The third-order valence-electron chi connectivity index (χ3n) is 2.46. The predicted octanol–water partition coefficient (Wildman–Crippen LogP) is 4.07. The molecule has 1 aromatic rings. The average Bonchev–Trinajstić information content (AvgIpc) is 2.12. The second-order valence-corrected chi connectivity index (χ2v) is 5.20. The largest absolute Gasteiger partial charge is 0.308 e. The van der Waals surface area contributed by atoms with E-state index in [4.69, 9.17) is 11.6 Å². The summed E-state index contributed by atoms with van der Waals surface area (Å²) in [7, 11) is 0. The molecular weight excluding hydrogens is 264 g/mol. The Morgan fingerprint density at radius 2 is 2.00 bits per heavy atom. The quantitative estimate of drug-likeness (QED) is 0.462. The maximum Gasteiger partial charge on any atom is 0.308 e. The molecule has 1 aromatic carbocycles. The molecule has 0 aliphatic rings. The number of nitrogens with zero attached hydrogens (tertiary/aromatic N) is 1. The summed E-state index contributed by atoms with van der Waals surface area (Å²) in [5, 5.41) is 10.4. The van der Waals surface area contributed by atoms with Crippen molar-refractivity contribution in [1.29, 1.82) is 0 Å². The number of benzene rings is 1. The zero-order valence-electron chi connectivity index (χ0n) is 10.1. The van der Waals surface area contributed by atoms with E-state index in [-0.39, 0.29) is 17.4 Å². The minimum atomic E-state index is -1.16. The molecule has 0 bridgehead atoms. The number of nitro benzene ring substituents is 1. The van der Waals surface area contributed by atoms with E-state index >= 15 is 0 Å². The average molecular weight is 278 g/mol. The molecule has 0 aliphatic carbocycles. The lowest BCUT2D eigenvalue weighted by atomic mass is 10.0. The minimum absolute atomic E-state index is 0.00171. The van der Waals surface area contributed by atoms with Gasteiger partial charge in [-0.3, -0.25) is 10.1 Å². The predicted molar refractivity (Wildman–Crippen MR) is 65.8 cm³/mol. The van der Waals surface area contributed by atoms with E-state index in [9.17, 15) is 18.9 Å². The van der Waals surface area contributed by atoms with Crippen LogP contribution in [-0.2, 0) is 6.42 Å². The van der Waals surface area contributed by atoms with E-state index in [1.54, 1.807) is 0 Å². The van der Waals surface area contributed by atoms with Crippen LogP contribution >= 0.6 is 11.6 Å². The molecule has 0 aliphatic heterocycles. The van der Waals surface area contributed by atoms with Crippen LogP contribution in [0.3, 0.4) is 0 Å². The summed E-state index contributed by atoms with van der Waals surface area (Å²) in [5.41, 5.74) is -0.691. The van der Waals surface area contributed by atoms with Gasteiger partial charge in [-0.1, -0.05) is 13.8 Å². The summed E-state index contributed by atoms with van der Waals surface area (Å²) < 4.78 is 26.4. The first-order valence-electron chi connectivity index (χ1n) is 5.57. The van der Waals surface area contributed by atoms with Crippen LogP contribution in [0.4, 0.5) is 14.5 Å². The molecule has 0 saturated heterocycles. The first-order chi connectivity index (χ1) is 8.31. The van der Waals surface area contributed by atoms with Crippen molar-refractivity contribution in [2.45, 2.75) is 32.1 Å². The summed E-state index contributed by atoms with van der Waals surface area (Å²) in [6.45, 7) is 3.91. The Balaban J connectivity index is 3.03. The van der Waals surface area contributed by atoms with Crippen LogP contribution < -0.4 is 0 Å². The van der Waals surface area contributed by atoms with Gasteiger partial charge in [0.15, 0.2) is 0 Å². The van der Waals surface area contributed by atoms with Gasteiger partial charge in [0.05, 0.1) is 4.92 Å². The van der Waals surface area contributed by atoms with Gasteiger partial charge >= 0.3 is 5.69 Å². The lowest BCUT2D eigenvalue weighted by Gasteiger charge is -2.12. The van der Waals surface area contributed by atoms with Crippen molar-refractivity contribution in [2.24, 2.45) is 5.92 Å². The van der Waals surface area contributed by atoms with Crippen molar-refractivity contribution >= 4 is 17.3 Å². The van der Waals surface area contributed by atoms with Crippen LogP contribution in [0.5, 0.6) is 0 Å². The van der Waals surface area contributed by atoms with Gasteiger partial charge in [-0.05, 0) is 24.8 Å². The molecule has 1 rings (SSSR count). The summed E-state index contributed by atoms with van der Waals surface area (Å²) in [4.78, 5) is 9.91. The van der Waals surface area contributed by atoms with Crippen LogP contribution in [0.2, 0.25) is 0 Å². The number of halogens is 3. The van der Waals surface area contributed by atoms with Crippen LogP contribution in [0, 0.1) is 27.7 Å². The van der Waals surface area contributed by atoms with E-state index in [0.29, 0.717) is 18.4 Å². The molecule has 0 fully saturated rings. The Morgan fingerprint density at radius 1 is 1.39 bits per heavy atom. The first kappa shape index (κ1) is 14.8.